The minimum atomic E-state index is -1.04. The molecule has 1 unspecified atom stereocenters. The van der Waals surface area contributed by atoms with Crippen molar-refractivity contribution in [2.75, 3.05) is 11.9 Å². The summed E-state index contributed by atoms with van der Waals surface area (Å²) in [5.74, 6) is -0.235. The maximum atomic E-state index is 13.1. The van der Waals surface area contributed by atoms with Crippen LogP contribution in [0, 0.1) is 20.8 Å². The van der Waals surface area contributed by atoms with E-state index in [9.17, 15) is 24.0 Å². The molecule has 0 radical (unpaired) electrons. The minimum Gasteiger partial charge on any atom is -0.416 e. The molecule has 2 atom stereocenters. The van der Waals surface area contributed by atoms with Crippen LogP contribution in [0.1, 0.15) is 100 Å². The second-order valence-corrected chi connectivity index (χ2v) is 15.2. The van der Waals surface area contributed by atoms with Crippen LogP contribution in [0.5, 0.6) is 0 Å². The molecule has 5 heterocycles. The number of thiophene rings is 1. The largest absolute Gasteiger partial charge is 0.416 e. The second kappa shape index (κ2) is 15.5. The van der Waals surface area contributed by atoms with Crippen molar-refractivity contribution in [2.45, 2.75) is 84.5 Å². The van der Waals surface area contributed by atoms with Crippen molar-refractivity contribution in [3.05, 3.63) is 91.8 Å². The maximum Gasteiger partial charge on any atom is 0.409 e. The second-order valence-electron chi connectivity index (χ2n) is 13.5. The number of halogens is 1. The van der Waals surface area contributed by atoms with Crippen LogP contribution in [0.2, 0.25) is 5.02 Å². The van der Waals surface area contributed by atoms with E-state index in [4.69, 9.17) is 21.3 Å². The molecule has 1 saturated heterocycles. The van der Waals surface area contributed by atoms with Gasteiger partial charge in [0.25, 0.3) is 12.1 Å². The van der Waals surface area contributed by atoms with Crippen molar-refractivity contribution >= 4 is 64.1 Å². The Morgan fingerprint density at radius 2 is 1.80 bits per heavy atom. The van der Waals surface area contributed by atoms with Gasteiger partial charge in [-0.2, -0.15) is 0 Å². The lowest BCUT2D eigenvalue weighted by Gasteiger charge is -2.29. The lowest BCUT2D eigenvalue weighted by atomic mass is 10.00. The van der Waals surface area contributed by atoms with Crippen molar-refractivity contribution in [1.82, 2.24) is 30.3 Å². The van der Waals surface area contributed by atoms with Gasteiger partial charge in [-0.1, -0.05) is 42.6 Å². The van der Waals surface area contributed by atoms with Gasteiger partial charge in [-0.25, -0.2) is 9.79 Å². The highest BCUT2D eigenvalue weighted by molar-refractivity contribution is 7.15. The van der Waals surface area contributed by atoms with Crippen LogP contribution in [0.25, 0.3) is 5.00 Å². The molecule has 0 bridgehead atoms. The first-order chi connectivity index (χ1) is 26.0. The number of aromatic nitrogens is 3. The molecule has 54 heavy (non-hydrogen) atoms. The summed E-state index contributed by atoms with van der Waals surface area (Å²) in [5, 5.41) is 18.2. The van der Waals surface area contributed by atoms with Crippen LogP contribution < -0.4 is 16.0 Å². The molecule has 1 fully saturated rings. The molecule has 3 aliphatic heterocycles. The third-order valence-corrected chi connectivity index (χ3v) is 11.4. The number of benzene rings is 2. The number of anilines is 1. The molecule has 16 heteroatoms. The number of imide groups is 1. The molecule has 7 rings (SSSR count). The molecular formula is C38H39ClN8O6S. The van der Waals surface area contributed by atoms with E-state index in [-0.39, 0.29) is 43.5 Å². The molecular weight excluding hydrogens is 732 g/mol. The Hall–Kier alpha value is -5.41. The molecule has 0 spiro atoms. The average Bonchev–Trinajstić information content (AvgIpc) is 3.75. The number of aliphatic imine (C=N–C) groups is 1. The minimum absolute atomic E-state index is 0.170. The number of alkyl carbamates (subject to hydrolysis) is 1. The van der Waals surface area contributed by atoms with E-state index in [1.807, 2.05) is 30.5 Å². The summed E-state index contributed by atoms with van der Waals surface area (Å²) in [6, 6.07) is 11.8. The highest BCUT2D eigenvalue weighted by atomic mass is 35.5. The zero-order valence-corrected chi connectivity index (χ0v) is 31.6. The van der Waals surface area contributed by atoms with Gasteiger partial charge in [-0.15, -0.1) is 21.5 Å². The Balaban J connectivity index is 0.895. The molecule has 280 valence electrons. The van der Waals surface area contributed by atoms with Crippen LogP contribution in [-0.2, 0) is 25.7 Å². The maximum absolute atomic E-state index is 13.1. The van der Waals surface area contributed by atoms with Gasteiger partial charge in [0.2, 0.25) is 23.5 Å². The average molecular weight is 771 g/mol. The fourth-order valence-electron chi connectivity index (χ4n) is 6.99. The van der Waals surface area contributed by atoms with Gasteiger partial charge in [0, 0.05) is 63.8 Å². The molecule has 4 aromatic rings. The molecule has 2 aromatic carbocycles. The summed E-state index contributed by atoms with van der Waals surface area (Å²) < 4.78 is 7.77. The zero-order valence-electron chi connectivity index (χ0n) is 30.0. The zero-order chi connectivity index (χ0) is 38.1. The number of hydrogen-bond donors (Lipinski definition) is 3. The number of unbranched alkanes of at least 4 members (excludes halogenated alkanes) is 3. The van der Waals surface area contributed by atoms with Gasteiger partial charge in [-0.3, -0.25) is 29.1 Å². The van der Waals surface area contributed by atoms with E-state index in [2.05, 4.69) is 33.1 Å². The number of ether oxygens (including phenoxy) is 1. The van der Waals surface area contributed by atoms with Crippen molar-refractivity contribution in [1.29, 1.82) is 0 Å². The Labute approximate surface area is 320 Å². The standard InChI is InChI=1S/C38H39ClN8O6S/c1-20-21(2)54-37-31(20)32(23-12-14-24(39)15-13-23)43-35(33-45-44-22(3)47(33)37)53-38(52)40-18-7-5-4-6-11-29(48)41-27-10-8-9-25-26(27)19-46(36(25)51)28-16-17-30(49)42-34(28)50/h8-10,12-15,28,35H,4-7,11,16-19H2,1-3H3,(H,40,52)(H,41,48)(H,42,49,50)/t28?,35-/m0/s1. The molecule has 0 aliphatic carbocycles. The van der Waals surface area contributed by atoms with Crippen molar-refractivity contribution in [3.8, 4) is 5.00 Å². The highest BCUT2D eigenvalue weighted by Gasteiger charge is 2.40. The molecule has 5 amide bonds. The predicted octanol–water partition coefficient (Wildman–Crippen LogP) is 5.83. The normalized spacial score (nSPS) is 17.6. The topological polar surface area (TPSA) is 177 Å². The lowest BCUT2D eigenvalue weighted by molar-refractivity contribution is -0.137. The number of amides is 5. The summed E-state index contributed by atoms with van der Waals surface area (Å²) in [6.45, 7) is 6.51. The van der Waals surface area contributed by atoms with Crippen molar-refractivity contribution in [2.24, 2.45) is 4.99 Å². The van der Waals surface area contributed by atoms with Gasteiger partial charge >= 0.3 is 6.09 Å². The number of rotatable bonds is 11. The number of piperidine rings is 1. The quantitative estimate of drug-likeness (QED) is 0.126. The summed E-state index contributed by atoms with van der Waals surface area (Å²) in [6.07, 6.45) is 1.90. The Morgan fingerprint density at radius 1 is 1.02 bits per heavy atom. The lowest BCUT2D eigenvalue weighted by Crippen LogP contribution is -2.52. The third kappa shape index (κ3) is 7.37. The van der Waals surface area contributed by atoms with E-state index >= 15 is 0 Å². The highest BCUT2D eigenvalue weighted by Crippen LogP contribution is 2.39. The van der Waals surface area contributed by atoms with Crippen LogP contribution >= 0.6 is 22.9 Å². The first kappa shape index (κ1) is 36.9. The number of fused-ring (bicyclic) bond motifs is 4. The number of nitrogens with zero attached hydrogens (tertiary/aromatic N) is 5. The van der Waals surface area contributed by atoms with Crippen LogP contribution in [0.15, 0.2) is 47.5 Å². The van der Waals surface area contributed by atoms with E-state index in [1.165, 1.54) is 4.90 Å². The van der Waals surface area contributed by atoms with Gasteiger partial charge in [0.05, 0.1) is 5.71 Å². The Bertz CT molecular complexity index is 2200. The third-order valence-electron chi connectivity index (χ3n) is 9.92. The number of nitrogens with one attached hydrogen (secondary N) is 3. The summed E-state index contributed by atoms with van der Waals surface area (Å²) in [4.78, 5) is 70.5. The van der Waals surface area contributed by atoms with Gasteiger partial charge in [0.15, 0.2) is 0 Å². The summed E-state index contributed by atoms with van der Waals surface area (Å²) in [5.41, 5.74) is 5.15. The smallest absolute Gasteiger partial charge is 0.409 e. The molecule has 0 saturated carbocycles. The SMILES string of the molecule is Cc1sc2c(c1C)C(c1ccc(Cl)cc1)=N[C@@H](OC(=O)NCCCCCCC(=O)Nc1cccc3c1CN(C1CCC(=O)NC1=O)C3=O)c1nnc(C)n1-2. The van der Waals surface area contributed by atoms with Crippen LogP contribution in [0.3, 0.4) is 0 Å². The van der Waals surface area contributed by atoms with Gasteiger partial charge < -0.3 is 20.3 Å². The van der Waals surface area contributed by atoms with Crippen molar-refractivity contribution < 1.29 is 28.7 Å². The predicted molar refractivity (Wildman–Crippen MR) is 202 cm³/mol. The first-order valence-electron chi connectivity index (χ1n) is 17.9. The van der Waals surface area contributed by atoms with E-state index in [0.717, 1.165) is 39.4 Å². The summed E-state index contributed by atoms with van der Waals surface area (Å²) in [7, 11) is 0. The van der Waals surface area contributed by atoms with Crippen molar-refractivity contribution in [3.63, 3.8) is 0 Å². The number of hydrogen-bond acceptors (Lipinski definition) is 10. The van der Waals surface area contributed by atoms with E-state index < -0.39 is 24.3 Å². The Kier molecular flexibility index (Phi) is 10.6. The number of carbonyl (C=O) groups is 5. The van der Waals surface area contributed by atoms with E-state index in [0.29, 0.717) is 58.6 Å². The van der Waals surface area contributed by atoms with Crippen LogP contribution in [0.4, 0.5) is 10.5 Å². The fourth-order valence-corrected chi connectivity index (χ4v) is 8.33. The molecule has 3 N–H and O–H groups in total. The molecule has 14 nitrogen and oxygen atoms in total. The van der Waals surface area contributed by atoms with Gasteiger partial charge in [0.1, 0.15) is 16.9 Å². The monoisotopic (exact) mass is 770 g/mol. The Morgan fingerprint density at radius 3 is 2.57 bits per heavy atom. The molecule has 2 aromatic heterocycles. The first-order valence-corrected chi connectivity index (χ1v) is 19.1. The number of carbonyl (C=O) groups excluding carboxylic acids is 5. The van der Waals surface area contributed by atoms with Gasteiger partial charge in [-0.05, 0) is 69.9 Å². The van der Waals surface area contributed by atoms with E-state index in [1.54, 1.807) is 41.7 Å². The summed E-state index contributed by atoms with van der Waals surface area (Å²) >= 11 is 7.80. The van der Waals surface area contributed by atoms with Crippen LogP contribution in [-0.4, -0.2) is 67.7 Å². The molecule has 3 aliphatic rings. The number of aryl methyl sites for hydroxylation is 2. The fraction of sp³-hybridized carbons (Fsp3) is 0.368.